The standard InChI is InChI=1S/C21H35N7O8/c1-4-10(2)16(20(35)24-7-15(31)32)27-21(36)17(11(3)30)28-19(34)14(5-12-6-23-9-25-12)26-18(33)13(22)8-29/h6,9-11,13-14,16-17,29-30H,4-5,7-8,22H2,1-3H3,(H,23,25)(H,24,35)(H,26,33)(H,27,36)(H,28,34)(H,31,32)/t10-,11+,13-,14-,16-,17-/m0/s1. The lowest BCUT2D eigenvalue weighted by molar-refractivity contribution is -0.139. The monoisotopic (exact) mass is 513 g/mol. The van der Waals surface area contributed by atoms with Crippen LogP contribution in [0.5, 0.6) is 0 Å². The number of amides is 4. The molecule has 0 fully saturated rings. The molecule has 0 aromatic carbocycles. The zero-order chi connectivity index (χ0) is 27.4. The van der Waals surface area contributed by atoms with E-state index in [-0.39, 0.29) is 6.42 Å². The quantitative estimate of drug-likeness (QED) is 0.111. The molecule has 0 radical (unpaired) electrons. The third-order valence-corrected chi connectivity index (χ3v) is 5.42. The van der Waals surface area contributed by atoms with Gasteiger partial charge in [0.15, 0.2) is 0 Å². The molecule has 202 valence electrons. The summed E-state index contributed by atoms with van der Waals surface area (Å²) in [7, 11) is 0. The van der Waals surface area contributed by atoms with Gasteiger partial charge in [0.2, 0.25) is 23.6 Å². The summed E-state index contributed by atoms with van der Waals surface area (Å²) in [4.78, 5) is 68.1. The predicted molar refractivity (Wildman–Crippen MR) is 125 cm³/mol. The number of aliphatic carboxylic acids is 1. The predicted octanol–water partition coefficient (Wildman–Crippen LogP) is -3.65. The number of nitrogens with one attached hydrogen (secondary N) is 5. The number of nitrogens with two attached hydrogens (primary N) is 1. The van der Waals surface area contributed by atoms with Gasteiger partial charge in [0.25, 0.3) is 0 Å². The summed E-state index contributed by atoms with van der Waals surface area (Å²) in [5.41, 5.74) is 5.98. The van der Waals surface area contributed by atoms with Crippen LogP contribution in [0.4, 0.5) is 0 Å². The lowest BCUT2D eigenvalue weighted by Crippen LogP contribution is -2.61. The number of carbonyl (C=O) groups is 5. The van der Waals surface area contributed by atoms with Crippen molar-refractivity contribution in [2.75, 3.05) is 13.2 Å². The Bertz CT molecular complexity index is 893. The third kappa shape index (κ3) is 9.59. The molecular formula is C21H35N7O8. The van der Waals surface area contributed by atoms with E-state index in [0.29, 0.717) is 12.1 Å². The summed E-state index contributed by atoms with van der Waals surface area (Å²) in [5.74, 6) is -4.97. The fraction of sp³-hybridized carbons (Fsp3) is 0.619. The number of aromatic amines is 1. The summed E-state index contributed by atoms with van der Waals surface area (Å²) < 4.78 is 0. The lowest BCUT2D eigenvalue weighted by atomic mass is 9.97. The van der Waals surface area contributed by atoms with E-state index in [1.807, 2.05) is 0 Å². The second-order valence-electron chi connectivity index (χ2n) is 8.34. The van der Waals surface area contributed by atoms with Gasteiger partial charge >= 0.3 is 5.97 Å². The number of aromatic nitrogens is 2. The van der Waals surface area contributed by atoms with Crippen LogP contribution in [0.2, 0.25) is 0 Å². The Labute approximate surface area is 207 Å². The van der Waals surface area contributed by atoms with Crippen molar-refractivity contribution in [3.05, 3.63) is 18.2 Å². The molecule has 0 saturated heterocycles. The third-order valence-electron chi connectivity index (χ3n) is 5.42. The van der Waals surface area contributed by atoms with Gasteiger partial charge in [-0.2, -0.15) is 0 Å². The average molecular weight is 514 g/mol. The Kier molecular flexibility index (Phi) is 12.5. The van der Waals surface area contributed by atoms with Gasteiger partial charge in [0.05, 0.1) is 19.0 Å². The number of nitrogens with zero attached hydrogens (tertiary/aromatic N) is 1. The van der Waals surface area contributed by atoms with Crippen LogP contribution >= 0.6 is 0 Å². The number of hydrogen-bond acceptors (Lipinski definition) is 9. The van der Waals surface area contributed by atoms with Gasteiger partial charge in [-0.05, 0) is 12.8 Å². The van der Waals surface area contributed by atoms with Crippen LogP contribution in [0.3, 0.4) is 0 Å². The van der Waals surface area contributed by atoms with E-state index in [1.165, 1.54) is 19.4 Å². The normalized spacial score (nSPS) is 15.9. The molecule has 1 heterocycles. The molecule has 0 aliphatic heterocycles. The first-order chi connectivity index (χ1) is 16.9. The van der Waals surface area contributed by atoms with E-state index in [1.54, 1.807) is 13.8 Å². The molecule has 0 saturated carbocycles. The zero-order valence-corrected chi connectivity index (χ0v) is 20.4. The van der Waals surface area contributed by atoms with Gasteiger partial charge in [-0.15, -0.1) is 0 Å². The molecule has 0 aliphatic rings. The molecule has 1 rings (SSSR count). The first-order valence-electron chi connectivity index (χ1n) is 11.3. The molecule has 0 spiro atoms. The maximum absolute atomic E-state index is 13.0. The topological polar surface area (TPSA) is 249 Å². The largest absolute Gasteiger partial charge is 0.480 e. The second kappa shape index (κ2) is 14.8. The van der Waals surface area contributed by atoms with E-state index in [0.717, 1.165) is 0 Å². The minimum atomic E-state index is -1.52. The van der Waals surface area contributed by atoms with Crippen LogP contribution in [-0.4, -0.2) is 98.3 Å². The van der Waals surface area contributed by atoms with Gasteiger partial charge in [-0.25, -0.2) is 4.98 Å². The molecule has 15 heteroatoms. The van der Waals surface area contributed by atoms with Gasteiger partial charge in [-0.3, -0.25) is 24.0 Å². The molecule has 10 N–H and O–H groups in total. The van der Waals surface area contributed by atoms with Gasteiger partial charge in [0.1, 0.15) is 30.7 Å². The van der Waals surface area contributed by atoms with Gasteiger partial charge < -0.3 is 47.3 Å². The Morgan fingerprint density at radius 1 is 1.03 bits per heavy atom. The summed E-state index contributed by atoms with van der Waals surface area (Å²) in [6.07, 6.45) is 1.76. The maximum atomic E-state index is 13.0. The van der Waals surface area contributed by atoms with Crippen LogP contribution in [-0.2, 0) is 30.4 Å². The fourth-order valence-corrected chi connectivity index (χ4v) is 3.06. The highest BCUT2D eigenvalue weighted by molar-refractivity contribution is 5.95. The van der Waals surface area contributed by atoms with E-state index in [2.05, 4.69) is 31.2 Å². The lowest BCUT2D eigenvalue weighted by Gasteiger charge is -2.28. The molecule has 0 bridgehead atoms. The minimum Gasteiger partial charge on any atom is -0.480 e. The number of carboxylic acids is 1. The molecule has 0 aliphatic carbocycles. The molecule has 15 nitrogen and oxygen atoms in total. The highest BCUT2D eigenvalue weighted by atomic mass is 16.4. The van der Waals surface area contributed by atoms with Gasteiger partial charge in [-0.1, -0.05) is 20.3 Å². The summed E-state index contributed by atoms with van der Waals surface area (Å²) >= 11 is 0. The molecule has 1 aromatic heterocycles. The number of imidazole rings is 1. The SMILES string of the molecule is CC[C@H](C)[C@H](NC(=O)[C@@H](NC(=O)[C@H](Cc1cnc[nH]1)NC(=O)[C@@H](N)CO)[C@@H](C)O)C(=O)NCC(=O)O. The zero-order valence-electron chi connectivity index (χ0n) is 20.4. The van der Waals surface area contributed by atoms with Crippen LogP contribution in [0.15, 0.2) is 12.5 Å². The number of carbonyl (C=O) groups excluding carboxylic acids is 4. The summed E-state index contributed by atoms with van der Waals surface area (Å²) in [5, 5.41) is 37.5. The Morgan fingerprint density at radius 3 is 2.17 bits per heavy atom. The molecule has 1 aromatic rings. The van der Waals surface area contributed by atoms with Crippen molar-refractivity contribution in [2.24, 2.45) is 11.7 Å². The average Bonchev–Trinajstić information content (AvgIpc) is 3.35. The first-order valence-corrected chi connectivity index (χ1v) is 11.3. The Hall–Kier alpha value is -3.56. The molecule has 36 heavy (non-hydrogen) atoms. The van der Waals surface area contributed by atoms with Crippen molar-refractivity contribution in [1.82, 2.24) is 31.2 Å². The smallest absolute Gasteiger partial charge is 0.322 e. The molecule has 6 atom stereocenters. The molecule has 0 unspecified atom stereocenters. The first kappa shape index (κ1) is 30.5. The van der Waals surface area contributed by atoms with Crippen LogP contribution in [0, 0.1) is 5.92 Å². The number of rotatable bonds is 15. The molecule has 4 amide bonds. The number of hydrogen-bond donors (Lipinski definition) is 9. The number of aliphatic hydroxyl groups excluding tert-OH is 2. The van der Waals surface area contributed by atoms with Crippen molar-refractivity contribution in [3.8, 4) is 0 Å². The Morgan fingerprint density at radius 2 is 1.67 bits per heavy atom. The van der Waals surface area contributed by atoms with Gasteiger partial charge in [0, 0.05) is 18.3 Å². The van der Waals surface area contributed by atoms with Crippen molar-refractivity contribution in [3.63, 3.8) is 0 Å². The molecular weight excluding hydrogens is 478 g/mol. The van der Waals surface area contributed by atoms with E-state index in [9.17, 15) is 29.1 Å². The summed E-state index contributed by atoms with van der Waals surface area (Å²) in [6, 6.07) is -5.21. The van der Waals surface area contributed by atoms with Crippen LogP contribution in [0.25, 0.3) is 0 Å². The number of carboxylic acid groups (broad SMARTS) is 1. The van der Waals surface area contributed by atoms with Crippen LogP contribution in [0.1, 0.15) is 32.9 Å². The summed E-state index contributed by atoms with van der Waals surface area (Å²) in [6.45, 7) is 3.37. The highest BCUT2D eigenvalue weighted by Crippen LogP contribution is 2.09. The van der Waals surface area contributed by atoms with E-state index >= 15 is 0 Å². The van der Waals surface area contributed by atoms with E-state index < -0.39 is 78.9 Å². The van der Waals surface area contributed by atoms with Crippen molar-refractivity contribution in [2.45, 2.75) is 63.9 Å². The minimum absolute atomic E-state index is 0.0725. The maximum Gasteiger partial charge on any atom is 0.322 e. The van der Waals surface area contributed by atoms with Crippen molar-refractivity contribution in [1.29, 1.82) is 0 Å². The van der Waals surface area contributed by atoms with E-state index in [4.69, 9.17) is 15.9 Å². The van der Waals surface area contributed by atoms with Crippen LogP contribution < -0.4 is 27.0 Å². The second-order valence-corrected chi connectivity index (χ2v) is 8.34. The highest BCUT2D eigenvalue weighted by Gasteiger charge is 2.34. The Balaban J connectivity index is 3.05. The van der Waals surface area contributed by atoms with Crippen molar-refractivity contribution >= 4 is 29.6 Å². The number of H-pyrrole nitrogens is 1. The van der Waals surface area contributed by atoms with Crippen molar-refractivity contribution < 1.29 is 39.3 Å². The fourth-order valence-electron chi connectivity index (χ4n) is 3.06. The number of aliphatic hydroxyl groups is 2.